The first-order valence-corrected chi connectivity index (χ1v) is 8.62. The van der Waals surface area contributed by atoms with Gasteiger partial charge in [-0.3, -0.25) is 9.59 Å². The van der Waals surface area contributed by atoms with E-state index in [9.17, 15) is 9.59 Å². The van der Waals surface area contributed by atoms with Gasteiger partial charge in [-0.1, -0.05) is 18.6 Å². The highest BCUT2D eigenvalue weighted by molar-refractivity contribution is 5.99. The second-order valence-corrected chi connectivity index (χ2v) is 7.10. The van der Waals surface area contributed by atoms with Crippen LogP contribution in [0.1, 0.15) is 40.9 Å². The summed E-state index contributed by atoms with van der Waals surface area (Å²) >= 11 is 0. The van der Waals surface area contributed by atoms with Crippen LogP contribution < -0.4 is 5.32 Å². The summed E-state index contributed by atoms with van der Waals surface area (Å²) in [6.45, 7) is 4.98. The normalized spacial score (nSPS) is 23.9. The van der Waals surface area contributed by atoms with Crippen molar-refractivity contribution in [1.82, 2.24) is 10.2 Å². The van der Waals surface area contributed by atoms with Crippen LogP contribution in [0.25, 0.3) is 11.0 Å². The Morgan fingerprint density at radius 3 is 2.92 bits per heavy atom. The van der Waals surface area contributed by atoms with Gasteiger partial charge in [-0.2, -0.15) is 0 Å². The minimum atomic E-state index is -0.103. The van der Waals surface area contributed by atoms with Crippen LogP contribution in [0.15, 0.2) is 22.6 Å². The third-order valence-corrected chi connectivity index (χ3v) is 5.28. The van der Waals surface area contributed by atoms with Gasteiger partial charge in [0.1, 0.15) is 5.58 Å². The summed E-state index contributed by atoms with van der Waals surface area (Å²) in [6.07, 6.45) is 2.83. The van der Waals surface area contributed by atoms with Crippen LogP contribution >= 0.6 is 0 Å². The van der Waals surface area contributed by atoms with Gasteiger partial charge in [0.25, 0.3) is 5.91 Å². The molecule has 0 unspecified atom stereocenters. The van der Waals surface area contributed by atoms with Crippen molar-refractivity contribution in [3.63, 3.8) is 0 Å². The van der Waals surface area contributed by atoms with E-state index in [2.05, 4.69) is 5.32 Å². The van der Waals surface area contributed by atoms with E-state index in [1.807, 2.05) is 32.0 Å². The van der Waals surface area contributed by atoms with E-state index in [0.29, 0.717) is 18.8 Å². The van der Waals surface area contributed by atoms with Gasteiger partial charge >= 0.3 is 0 Å². The predicted molar refractivity (Wildman–Crippen MR) is 90.9 cm³/mol. The van der Waals surface area contributed by atoms with Gasteiger partial charge in [-0.25, -0.2) is 0 Å². The first-order valence-electron chi connectivity index (χ1n) is 8.62. The Balaban J connectivity index is 1.68. The average molecular weight is 326 g/mol. The first kappa shape index (κ1) is 15.2. The molecule has 1 N–H and O–H groups in total. The number of nitrogens with zero attached hydrogens (tertiary/aromatic N) is 1. The van der Waals surface area contributed by atoms with E-state index in [0.717, 1.165) is 41.4 Å². The number of fused-ring (bicyclic) bond motifs is 4. The molecule has 2 bridgehead atoms. The molecule has 2 fully saturated rings. The van der Waals surface area contributed by atoms with Crippen molar-refractivity contribution in [1.29, 1.82) is 0 Å². The molecule has 2 aliphatic heterocycles. The van der Waals surface area contributed by atoms with Gasteiger partial charge in [0.2, 0.25) is 5.91 Å². The molecule has 2 amide bonds. The molecule has 0 aliphatic carbocycles. The molecular weight excluding hydrogens is 304 g/mol. The summed E-state index contributed by atoms with van der Waals surface area (Å²) in [5.74, 6) is 0.288. The van der Waals surface area contributed by atoms with E-state index in [4.69, 9.17) is 4.42 Å². The van der Waals surface area contributed by atoms with Crippen LogP contribution in [-0.4, -0.2) is 35.8 Å². The molecule has 0 spiro atoms. The number of furan rings is 1. The van der Waals surface area contributed by atoms with E-state index >= 15 is 0 Å². The minimum Gasteiger partial charge on any atom is -0.451 e. The predicted octanol–water partition coefficient (Wildman–Crippen LogP) is 2.79. The number of amides is 2. The topological polar surface area (TPSA) is 62.6 Å². The summed E-state index contributed by atoms with van der Waals surface area (Å²) in [7, 11) is 0. The molecule has 0 radical (unpaired) electrons. The molecule has 1 aromatic heterocycles. The number of nitrogens with one attached hydrogen (secondary N) is 1. The van der Waals surface area contributed by atoms with Crippen LogP contribution in [0.5, 0.6) is 0 Å². The lowest BCUT2D eigenvalue weighted by molar-refractivity contribution is -0.124. The molecular formula is C19H22N2O3. The zero-order valence-electron chi connectivity index (χ0n) is 14.1. The molecule has 2 aliphatic rings. The smallest absolute Gasteiger partial charge is 0.289 e. The van der Waals surface area contributed by atoms with E-state index in [1.54, 1.807) is 4.90 Å². The van der Waals surface area contributed by atoms with Gasteiger partial charge in [-0.05, 0) is 38.3 Å². The van der Waals surface area contributed by atoms with Crippen LogP contribution in [0, 0.1) is 19.8 Å². The maximum atomic E-state index is 13.1. The Morgan fingerprint density at radius 1 is 1.25 bits per heavy atom. The van der Waals surface area contributed by atoms with Crippen molar-refractivity contribution in [2.75, 3.05) is 13.1 Å². The quantitative estimate of drug-likeness (QED) is 0.876. The van der Waals surface area contributed by atoms with Crippen molar-refractivity contribution in [3.8, 4) is 0 Å². The average Bonchev–Trinajstić information content (AvgIpc) is 2.66. The number of benzene rings is 1. The summed E-state index contributed by atoms with van der Waals surface area (Å²) in [5, 5.41) is 4.04. The summed E-state index contributed by atoms with van der Waals surface area (Å²) in [6, 6.07) is 6.04. The Hall–Kier alpha value is -2.30. The van der Waals surface area contributed by atoms with Crippen LogP contribution in [-0.2, 0) is 4.79 Å². The fourth-order valence-electron chi connectivity index (χ4n) is 3.90. The fourth-order valence-corrected chi connectivity index (χ4v) is 3.90. The maximum Gasteiger partial charge on any atom is 0.289 e. The highest BCUT2D eigenvalue weighted by atomic mass is 16.3. The van der Waals surface area contributed by atoms with Crippen LogP contribution in [0.3, 0.4) is 0 Å². The van der Waals surface area contributed by atoms with Gasteiger partial charge < -0.3 is 14.6 Å². The van der Waals surface area contributed by atoms with E-state index in [1.165, 1.54) is 0 Å². The Labute approximate surface area is 141 Å². The van der Waals surface area contributed by atoms with Gasteiger partial charge in [0.05, 0.1) is 5.92 Å². The molecule has 2 saturated heterocycles. The molecule has 1 aromatic carbocycles. The molecule has 24 heavy (non-hydrogen) atoms. The van der Waals surface area contributed by atoms with Gasteiger partial charge in [0, 0.05) is 30.1 Å². The third kappa shape index (κ3) is 2.48. The first-order chi connectivity index (χ1) is 11.5. The number of hydrogen-bond donors (Lipinski definition) is 1. The number of carbonyl (C=O) groups excluding carboxylic acids is 2. The number of aryl methyl sites for hydroxylation is 2. The largest absolute Gasteiger partial charge is 0.451 e. The monoisotopic (exact) mass is 326 g/mol. The SMILES string of the molecule is Cc1ccc2c(C)c(C(=O)N3C[C@H]4CCC[C@H](C3)C(=O)N4)oc2c1. The van der Waals surface area contributed by atoms with Crippen molar-refractivity contribution in [2.45, 2.75) is 39.2 Å². The zero-order valence-corrected chi connectivity index (χ0v) is 14.1. The summed E-state index contributed by atoms with van der Waals surface area (Å²) in [5.41, 5.74) is 2.73. The fraction of sp³-hybridized carbons (Fsp3) is 0.474. The Morgan fingerprint density at radius 2 is 2.08 bits per heavy atom. The summed E-state index contributed by atoms with van der Waals surface area (Å²) in [4.78, 5) is 27.0. The third-order valence-electron chi connectivity index (χ3n) is 5.28. The lowest BCUT2D eigenvalue weighted by atomic mass is 9.99. The Bertz CT molecular complexity index is 823. The van der Waals surface area contributed by atoms with Crippen molar-refractivity contribution < 1.29 is 14.0 Å². The maximum absolute atomic E-state index is 13.1. The van der Waals surface area contributed by atoms with Gasteiger partial charge in [0.15, 0.2) is 5.76 Å². The minimum absolute atomic E-state index is 0.0564. The molecule has 2 aromatic rings. The van der Waals surface area contributed by atoms with E-state index < -0.39 is 0 Å². The van der Waals surface area contributed by atoms with Crippen molar-refractivity contribution >= 4 is 22.8 Å². The second-order valence-electron chi connectivity index (χ2n) is 7.10. The van der Waals surface area contributed by atoms with Crippen molar-refractivity contribution in [2.24, 2.45) is 5.92 Å². The van der Waals surface area contributed by atoms with Gasteiger partial charge in [-0.15, -0.1) is 0 Å². The standard InChI is InChI=1S/C19H22N2O3/c1-11-6-7-15-12(2)17(24-16(15)8-11)19(23)21-9-13-4-3-5-14(10-21)20-18(13)22/h6-8,13-14H,3-5,9-10H2,1-2H3,(H,20,22)/t13-,14-/m1/s1. The van der Waals surface area contributed by atoms with Crippen LogP contribution in [0.2, 0.25) is 0 Å². The lowest BCUT2D eigenvalue weighted by Crippen LogP contribution is -2.41. The van der Waals surface area contributed by atoms with Crippen molar-refractivity contribution in [3.05, 3.63) is 35.1 Å². The second kappa shape index (κ2) is 5.65. The molecule has 2 atom stereocenters. The zero-order chi connectivity index (χ0) is 16.8. The number of carbonyl (C=O) groups is 2. The lowest BCUT2D eigenvalue weighted by Gasteiger charge is -2.27. The number of hydrogen-bond acceptors (Lipinski definition) is 3. The molecule has 5 nitrogen and oxygen atoms in total. The molecule has 3 heterocycles. The number of likely N-dealkylation sites (tertiary alicyclic amines) is 1. The highest BCUT2D eigenvalue weighted by Crippen LogP contribution is 2.29. The Kier molecular flexibility index (Phi) is 3.59. The molecule has 4 rings (SSSR count). The highest BCUT2D eigenvalue weighted by Gasteiger charge is 2.36. The molecule has 0 saturated carbocycles. The summed E-state index contributed by atoms with van der Waals surface area (Å²) < 4.78 is 5.89. The number of rotatable bonds is 1. The van der Waals surface area contributed by atoms with E-state index in [-0.39, 0.29) is 23.8 Å². The van der Waals surface area contributed by atoms with Crippen LogP contribution in [0.4, 0.5) is 0 Å². The molecule has 5 heteroatoms. The molecule has 126 valence electrons.